The van der Waals surface area contributed by atoms with E-state index in [0.717, 1.165) is 24.8 Å². The molecule has 3 aliphatic carbocycles. The lowest BCUT2D eigenvalue weighted by molar-refractivity contribution is -0.385. The molecule has 16 heavy (non-hydrogen) atoms. The molecule has 4 heteroatoms. The van der Waals surface area contributed by atoms with Crippen molar-refractivity contribution in [1.29, 1.82) is 0 Å². The third-order valence-electron chi connectivity index (χ3n) is 4.14. The Morgan fingerprint density at radius 2 is 2.06 bits per heavy atom. The average molecular weight is 219 g/mol. The summed E-state index contributed by atoms with van der Waals surface area (Å²) in [7, 11) is 0. The van der Waals surface area contributed by atoms with Gasteiger partial charge in [0.05, 0.1) is 4.92 Å². The second-order valence-corrected chi connectivity index (χ2v) is 5.28. The quantitative estimate of drug-likeness (QED) is 0.624. The molecule has 3 fully saturated rings. The van der Waals surface area contributed by atoms with Crippen molar-refractivity contribution in [2.75, 3.05) is 6.61 Å². The van der Waals surface area contributed by atoms with Crippen molar-refractivity contribution in [2.24, 2.45) is 5.41 Å². The van der Waals surface area contributed by atoms with Crippen LogP contribution in [0.1, 0.15) is 24.8 Å². The SMILES string of the molecule is O=[N+]([O-])c1cccc(C23CC(CO)(C2)C3)c1. The van der Waals surface area contributed by atoms with Crippen LogP contribution < -0.4 is 0 Å². The summed E-state index contributed by atoms with van der Waals surface area (Å²) in [5.41, 5.74) is 1.51. The van der Waals surface area contributed by atoms with Crippen LogP contribution in [0.5, 0.6) is 0 Å². The van der Waals surface area contributed by atoms with Crippen LogP contribution in [0, 0.1) is 15.5 Å². The molecule has 1 aromatic carbocycles. The lowest BCUT2D eigenvalue weighted by atomic mass is 9.34. The smallest absolute Gasteiger partial charge is 0.269 e. The number of benzene rings is 1. The number of nitrogens with zero attached hydrogens (tertiary/aromatic N) is 1. The maximum atomic E-state index is 10.7. The molecule has 1 N–H and O–H groups in total. The number of nitro benzene ring substituents is 1. The molecule has 3 aliphatic rings. The summed E-state index contributed by atoms with van der Waals surface area (Å²) >= 11 is 0. The van der Waals surface area contributed by atoms with Crippen molar-refractivity contribution in [2.45, 2.75) is 24.7 Å². The zero-order valence-electron chi connectivity index (χ0n) is 8.85. The van der Waals surface area contributed by atoms with E-state index < -0.39 is 0 Å². The maximum absolute atomic E-state index is 10.7. The monoisotopic (exact) mass is 219 g/mol. The van der Waals surface area contributed by atoms with Crippen LogP contribution in [0.3, 0.4) is 0 Å². The van der Waals surface area contributed by atoms with Gasteiger partial charge in [-0.2, -0.15) is 0 Å². The Bertz CT molecular complexity index is 449. The topological polar surface area (TPSA) is 63.4 Å². The van der Waals surface area contributed by atoms with E-state index in [1.54, 1.807) is 12.1 Å². The summed E-state index contributed by atoms with van der Waals surface area (Å²) in [6.07, 6.45) is 2.95. The molecule has 0 atom stereocenters. The van der Waals surface area contributed by atoms with Crippen LogP contribution in [0.15, 0.2) is 24.3 Å². The minimum atomic E-state index is -0.350. The first-order chi connectivity index (χ1) is 7.59. The number of aliphatic hydroxyl groups is 1. The van der Waals surface area contributed by atoms with Crippen LogP contribution in [0.25, 0.3) is 0 Å². The normalized spacial score (nSPS) is 35.1. The predicted octanol–water partition coefficient (Wildman–Crippen LogP) is 2.01. The van der Waals surface area contributed by atoms with Crippen LogP contribution >= 0.6 is 0 Å². The number of rotatable bonds is 3. The van der Waals surface area contributed by atoms with Gasteiger partial charge < -0.3 is 5.11 Å². The van der Waals surface area contributed by atoms with Gasteiger partial charge in [-0.1, -0.05) is 12.1 Å². The molecule has 0 aliphatic heterocycles. The Morgan fingerprint density at radius 3 is 2.62 bits per heavy atom. The first kappa shape index (κ1) is 9.78. The van der Waals surface area contributed by atoms with E-state index in [4.69, 9.17) is 0 Å². The summed E-state index contributed by atoms with van der Waals surface area (Å²) in [6, 6.07) is 6.92. The van der Waals surface area contributed by atoms with Crippen molar-refractivity contribution in [1.82, 2.24) is 0 Å². The molecule has 0 saturated heterocycles. The van der Waals surface area contributed by atoms with E-state index in [9.17, 15) is 15.2 Å². The van der Waals surface area contributed by atoms with Crippen molar-refractivity contribution < 1.29 is 10.0 Å². The van der Waals surface area contributed by atoms with Crippen molar-refractivity contribution in [3.63, 3.8) is 0 Å². The summed E-state index contributed by atoms with van der Waals surface area (Å²) in [4.78, 5) is 10.3. The summed E-state index contributed by atoms with van der Waals surface area (Å²) in [6.45, 7) is 0.254. The van der Waals surface area contributed by atoms with Crippen LogP contribution in [-0.4, -0.2) is 16.6 Å². The van der Waals surface area contributed by atoms with Crippen LogP contribution in [0.4, 0.5) is 5.69 Å². The molecular weight excluding hydrogens is 206 g/mol. The zero-order chi connectivity index (χ0) is 11.4. The van der Waals surface area contributed by atoms with Gasteiger partial charge in [-0.25, -0.2) is 0 Å². The molecule has 0 spiro atoms. The van der Waals surface area contributed by atoms with Gasteiger partial charge in [-0.3, -0.25) is 10.1 Å². The van der Waals surface area contributed by atoms with Gasteiger partial charge in [0, 0.05) is 18.7 Å². The fourth-order valence-electron chi connectivity index (χ4n) is 3.42. The number of aliphatic hydroxyl groups excluding tert-OH is 1. The lowest BCUT2D eigenvalue weighted by Crippen LogP contribution is -2.66. The minimum absolute atomic E-state index is 0.134. The van der Waals surface area contributed by atoms with Gasteiger partial charge in [0.15, 0.2) is 0 Å². The van der Waals surface area contributed by atoms with E-state index in [-0.39, 0.29) is 28.0 Å². The van der Waals surface area contributed by atoms with E-state index >= 15 is 0 Å². The van der Waals surface area contributed by atoms with Gasteiger partial charge in [-0.15, -0.1) is 0 Å². The highest BCUT2D eigenvalue weighted by molar-refractivity contribution is 5.44. The van der Waals surface area contributed by atoms with Crippen LogP contribution in [-0.2, 0) is 5.41 Å². The second-order valence-electron chi connectivity index (χ2n) is 5.28. The summed E-state index contributed by atoms with van der Waals surface area (Å²) in [5, 5.41) is 19.9. The van der Waals surface area contributed by atoms with Gasteiger partial charge in [0.2, 0.25) is 0 Å². The Hall–Kier alpha value is -1.42. The second kappa shape index (κ2) is 2.83. The lowest BCUT2D eigenvalue weighted by Gasteiger charge is -2.70. The molecule has 0 radical (unpaired) electrons. The maximum Gasteiger partial charge on any atom is 0.269 e. The number of nitro groups is 1. The standard InChI is InChI=1S/C12H13NO3/c14-8-11-5-12(6-11,7-11)9-2-1-3-10(4-9)13(15)16/h1-4,14H,5-8H2. The Morgan fingerprint density at radius 1 is 1.38 bits per heavy atom. The molecular formula is C12H13NO3. The molecule has 0 heterocycles. The van der Waals surface area contributed by atoms with Gasteiger partial charge in [0.25, 0.3) is 5.69 Å². The fourth-order valence-corrected chi connectivity index (χ4v) is 3.42. The summed E-state index contributed by atoms with van der Waals surface area (Å²) < 4.78 is 0. The fraction of sp³-hybridized carbons (Fsp3) is 0.500. The third kappa shape index (κ3) is 1.08. The first-order valence-corrected chi connectivity index (χ1v) is 5.45. The molecule has 1 aromatic rings. The van der Waals surface area contributed by atoms with Gasteiger partial charge >= 0.3 is 0 Å². The Labute approximate surface area is 93.1 Å². The zero-order valence-corrected chi connectivity index (χ0v) is 8.85. The minimum Gasteiger partial charge on any atom is -0.396 e. The average Bonchev–Trinajstić information content (AvgIpc) is 2.15. The van der Waals surface area contributed by atoms with Crippen molar-refractivity contribution >= 4 is 5.69 Å². The van der Waals surface area contributed by atoms with E-state index in [2.05, 4.69) is 0 Å². The number of hydrogen-bond donors (Lipinski definition) is 1. The first-order valence-electron chi connectivity index (χ1n) is 5.45. The highest BCUT2D eigenvalue weighted by atomic mass is 16.6. The van der Waals surface area contributed by atoms with Crippen molar-refractivity contribution in [3.8, 4) is 0 Å². The van der Waals surface area contributed by atoms with Gasteiger partial charge in [0.1, 0.15) is 0 Å². The number of hydrogen-bond acceptors (Lipinski definition) is 3. The van der Waals surface area contributed by atoms with Crippen molar-refractivity contribution in [3.05, 3.63) is 39.9 Å². The van der Waals surface area contributed by atoms with E-state index in [1.165, 1.54) is 6.07 Å². The molecule has 2 bridgehead atoms. The molecule has 84 valence electrons. The van der Waals surface area contributed by atoms with Gasteiger partial charge in [-0.05, 0) is 35.7 Å². The third-order valence-corrected chi connectivity index (χ3v) is 4.14. The molecule has 4 rings (SSSR count). The Kier molecular flexibility index (Phi) is 1.73. The highest BCUT2D eigenvalue weighted by Gasteiger charge is 2.67. The summed E-state index contributed by atoms with van der Waals surface area (Å²) in [5.74, 6) is 0. The molecule has 0 aromatic heterocycles. The molecule has 3 saturated carbocycles. The predicted molar refractivity (Wildman–Crippen MR) is 58.1 cm³/mol. The molecule has 0 amide bonds. The highest BCUT2D eigenvalue weighted by Crippen LogP contribution is 2.73. The van der Waals surface area contributed by atoms with Crippen LogP contribution in [0.2, 0.25) is 0 Å². The molecule has 0 unspecified atom stereocenters. The molecule has 4 nitrogen and oxygen atoms in total. The number of non-ortho nitro benzene ring substituents is 1. The van der Waals surface area contributed by atoms with E-state index in [0.29, 0.717) is 0 Å². The Balaban J connectivity index is 1.87. The largest absolute Gasteiger partial charge is 0.396 e. The van der Waals surface area contributed by atoms with E-state index in [1.807, 2.05) is 6.07 Å².